The maximum atomic E-state index is 12.0. The van der Waals surface area contributed by atoms with Gasteiger partial charge in [0.15, 0.2) is 0 Å². The van der Waals surface area contributed by atoms with Crippen molar-refractivity contribution in [1.29, 1.82) is 0 Å². The van der Waals surface area contributed by atoms with Gasteiger partial charge in [0.1, 0.15) is 0 Å². The van der Waals surface area contributed by atoms with E-state index in [1.165, 1.54) is 0 Å². The zero-order chi connectivity index (χ0) is 14.3. The van der Waals surface area contributed by atoms with Crippen LogP contribution in [0.5, 0.6) is 0 Å². The van der Waals surface area contributed by atoms with Gasteiger partial charge in [0.2, 0.25) is 0 Å². The van der Waals surface area contributed by atoms with Crippen LogP contribution in [0, 0.1) is 22.7 Å². The number of hydrogen-bond donors (Lipinski definition) is 0. The van der Waals surface area contributed by atoms with Crippen LogP contribution in [0.4, 0.5) is 0 Å². The molecule has 1 aliphatic heterocycles. The molecule has 1 aliphatic carbocycles. The Hall–Kier alpha value is -1.38. The van der Waals surface area contributed by atoms with Crippen molar-refractivity contribution in [3.05, 3.63) is 24.3 Å². The summed E-state index contributed by atoms with van der Waals surface area (Å²) in [5.41, 5.74) is -0.429. The van der Waals surface area contributed by atoms with E-state index in [0.29, 0.717) is 5.92 Å². The van der Waals surface area contributed by atoms with Gasteiger partial charge in [0.05, 0.1) is 12.3 Å². The summed E-state index contributed by atoms with van der Waals surface area (Å²) in [6, 6.07) is 0. The Morgan fingerprint density at radius 2 is 2.11 bits per heavy atom. The predicted molar refractivity (Wildman–Crippen MR) is 73.2 cm³/mol. The number of hydrogen-bond acceptors (Lipinski definition) is 3. The molecule has 0 spiro atoms. The Bertz CT molecular complexity index is 463. The van der Waals surface area contributed by atoms with Gasteiger partial charge in [-0.3, -0.25) is 9.59 Å². The normalized spacial score (nSPS) is 37.3. The first-order chi connectivity index (χ1) is 8.85. The van der Waals surface area contributed by atoms with Crippen LogP contribution in [-0.2, 0) is 14.3 Å². The summed E-state index contributed by atoms with van der Waals surface area (Å²) in [4.78, 5) is 23.4. The minimum atomic E-state index is -0.388. The predicted octanol–water partition coefficient (Wildman–Crippen LogP) is 3.26. The number of esters is 2. The molecular formula is C16H22O3. The van der Waals surface area contributed by atoms with Gasteiger partial charge in [-0.1, -0.05) is 52.0 Å². The van der Waals surface area contributed by atoms with Crippen molar-refractivity contribution in [1.82, 2.24) is 0 Å². The van der Waals surface area contributed by atoms with Gasteiger partial charge in [-0.15, -0.1) is 0 Å². The second kappa shape index (κ2) is 4.62. The van der Waals surface area contributed by atoms with Gasteiger partial charge in [0, 0.05) is 0 Å². The monoisotopic (exact) mass is 262 g/mol. The molecule has 0 radical (unpaired) electrons. The molecule has 19 heavy (non-hydrogen) atoms. The number of ether oxygens (including phenoxy) is 1. The minimum Gasteiger partial charge on any atom is -0.393 e. The Kier molecular flexibility index (Phi) is 3.41. The molecular weight excluding hydrogens is 240 g/mol. The van der Waals surface area contributed by atoms with Crippen molar-refractivity contribution in [2.24, 2.45) is 22.7 Å². The van der Waals surface area contributed by atoms with Crippen LogP contribution in [0.2, 0.25) is 0 Å². The van der Waals surface area contributed by atoms with Gasteiger partial charge in [-0.2, -0.15) is 0 Å². The fourth-order valence-corrected chi connectivity index (χ4v) is 3.51. The van der Waals surface area contributed by atoms with Crippen LogP contribution < -0.4 is 0 Å². The van der Waals surface area contributed by atoms with Gasteiger partial charge in [-0.25, -0.2) is 0 Å². The van der Waals surface area contributed by atoms with Gasteiger partial charge in [0.25, 0.3) is 0 Å². The first-order valence-corrected chi connectivity index (χ1v) is 6.95. The van der Waals surface area contributed by atoms with Crippen LogP contribution in [0.1, 0.15) is 40.5 Å². The highest BCUT2D eigenvalue weighted by Gasteiger charge is 2.55. The van der Waals surface area contributed by atoms with Gasteiger partial charge in [-0.05, 0) is 23.2 Å². The van der Waals surface area contributed by atoms with Crippen molar-refractivity contribution in [2.45, 2.75) is 40.5 Å². The summed E-state index contributed by atoms with van der Waals surface area (Å²) >= 11 is 0. The Morgan fingerprint density at radius 3 is 2.58 bits per heavy atom. The molecule has 0 bridgehead atoms. The fourth-order valence-electron chi connectivity index (χ4n) is 3.51. The van der Waals surface area contributed by atoms with Crippen molar-refractivity contribution >= 4 is 11.9 Å². The molecule has 2 rings (SSSR count). The number of allylic oxidation sites excluding steroid dienone is 4. The second-order valence-corrected chi connectivity index (χ2v) is 6.14. The molecule has 2 aliphatic rings. The molecule has 0 saturated carbocycles. The number of carbonyl (C=O) groups is 2. The van der Waals surface area contributed by atoms with Gasteiger partial charge >= 0.3 is 11.9 Å². The lowest BCUT2D eigenvalue weighted by molar-refractivity contribution is -0.155. The lowest BCUT2D eigenvalue weighted by atomic mass is 9.52. The Balaban J connectivity index is 2.42. The standard InChI is InChI=1S/C16H22O3/c1-5-15(3,12-10-13(17)19-14(12)18)16(4)9-7-6-8-11(16)2/h6-9,11-12H,5,10H2,1-4H3. The van der Waals surface area contributed by atoms with E-state index in [2.05, 4.69) is 39.8 Å². The highest BCUT2D eigenvalue weighted by Crippen LogP contribution is 2.56. The molecule has 1 heterocycles. The molecule has 0 amide bonds. The molecule has 4 atom stereocenters. The number of cyclic esters (lactones) is 2. The molecule has 0 N–H and O–H groups in total. The highest BCUT2D eigenvalue weighted by molar-refractivity contribution is 5.95. The molecule has 3 nitrogen and oxygen atoms in total. The van der Waals surface area contributed by atoms with E-state index in [0.717, 1.165) is 6.42 Å². The highest BCUT2D eigenvalue weighted by atomic mass is 16.6. The van der Waals surface area contributed by atoms with Crippen LogP contribution in [0.3, 0.4) is 0 Å². The quantitative estimate of drug-likeness (QED) is 0.579. The summed E-state index contributed by atoms with van der Waals surface area (Å²) in [6.07, 6.45) is 9.46. The lowest BCUT2D eigenvalue weighted by Gasteiger charge is -2.50. The van der Waals surface area contributed by atoms with Crippen molar-refractivity contribution in [3.8, 4) is 0 Å². The third-order valence-electron chi connectivity index (χ3n) is 5.50. The molecule has 104 valence electrons. The average Bonchev–Trinajstić information content (AvgIpc) is 2.71. The van der Waals surface area contributed by atoms with Crippen LogP contribution in [0.15, 0.2) is 24.3 Å². The van der Waals surface area contributed by atoms with Crippen LogP contribution >= 0.6 is 0 Å². The first-order valence-electron chi connectivity index (χ1n) is 6.95. The molecule has 0 aromatic rings. The van der Waals surface area contributed by atoms with E-state index in [-0.39, 0.29) is 35.1 Å². The second-order valence-electron chi connectivity index (χ2n) is 6.14. The van der Waals surface area contributed by atoms with E-state index in [1.807, 2.05) is 12.2 Å². The molecule has 1 saturated heterocycles. The lowest BCUT2D eigenvalue weighted by Crippen LogP contribution is -2.47. The summed E-state index contributed by atoms with van der Waals surface area (Å²) < 4.78 is 4.77. The summed E-state index contributed by atoms with van der Waals surface area (Å²) in [7, 11) is 0. The van der Waals surface area contributed by atoms with E-state index in [4.69, 9.17) is 4.74 Å². The molecule has 3 heteroatoms. The SMILES string of the molecule is CCC(C)(C1CC(=O)OC1=O)C1(C)C=CC=CC1C. The maximum Gasteiger partial charge on any atom is 0.317 e. The smallest absolute Gasteiger partial charge is 0.317 e. The average molecular weight is 262 g/mol. The van der Waals surface area contributed by atoms with E-state index in [9.17, 15) is 9.59 Å². The molecule has 4 unspecified atom stereocenters. The van der Waals surface area contributed by atoms with Crippen LogP contribution in [-0.4, -0.2) is 11.9 Å². The summed E-state index contributed by atoms with van der Waals surface area (Å²) in [5, 5.41) is 0. The van der Waals surface area contributed by atoms with Crippen molar-refractivity contribution in [3.63, 3.8) is 0 Å². The Morgan fingerprint density at radius 1 is 1.42 bits per heavy atom. The molecule has 0 aromatic heterocycles. The third-order valence-corrected chi connectivity index (χ3v) is 5.50. The van der Waals surface area contributed by atoms with E-state index >= 15 is 0 Å². The summed E-state index contributed by atoms with van der Waals surface area (Å²) in [6.45, 7) is 8.53. The van der Waals surface area contributed by atoms with E-state index < -0.39 is 0 Å². The maximum absolute atomic E-state index is 12.0. The zero-order valence-corrected chi connectivity index (χ0v) is 12.1. The minimum absolute atomic E-state index is 0.148. The Labute approximate surface area is 114 Å². The zero-order valence-electron chi connectivity index (χ0n) is 12.1. The summed E-state index contributed by atoms with van der Waals surface area (Å²) in [5.74, 6) is -0.758. The fraction of sp³-hybridized carbons (Fsp3) is 0.625. The van der Waals surface area contributed by atoms with Crippen molar-refractivity contribution in [2.75, 3.05) is 0 Å². The number of rotatable bonds is 3. The molecule has 1 fully saturated rings. The first kappa shape index (κ1) is 14.0. The third kappa shape index (κ3) is 1.96. The topological polar surface area (TPSA) is 43.4 Å². The van der Waals surface area contributed by atoms with Crippen LogP contribution in [0.25, 0.3) is 0 Å². The largest absolute Gasteiger partial charge is 0.393 e. The molecule has 0 aromatic carbocycles. The van der Waals surface area contributed by atoms with E-state index in [1.54, 1.807) is 0 Å². The van der Waals surface area contributed by atoms with Gasteiger partial charge < -0.3 is 4.74 Å². The van der Waals surface area contributed by atoms with Crippen molar-refractivity contribution < 1.29 is 14.3 Å². The number of carbonyl (C=O) groups excluding carboxylic acids is 2.